The molecule has 0 saturated carbocycles. The lowest BCUT2D eigenvalue weighted by molar-refractivity contribution is 0.221. The minimum atomic E-state index is 0.494. The van der Waals surface area contributed by atoms with Gasteiger partial charge in [0.05, 0.1) is 6.54 Å². The van der Waals surface area contributed by atoms with Crippen molar-refractivity contribution in [3.8, 4) is 0 Å². The molecule has 0 amide bonds. The molecule has 27 heavy (non-hydrogen) atoms. The van der Waals surface area contributed by atoms with Gasteiger partial charge in [0, 0.05) is 26.1 Å². The summed E-state index contributed by atoms with van der Waals surface area (Å²) in [6.07, 6.45) is 9.59. The highest BCUT2D eigenvalue weighted by Gasteiger charge is 2.26. The molecule has 0 bridgehead atoms. The van der Waals surface area contributed by atoms with Crippen molar-refractivity contribution in [2.75, 3.05) is 32.7 Å². The summed E-state index contributed by atoms with van der Waals surface area (Å²) in [5, 5.41) is 9.11. The van der Waals surface area contributed by atoms with E-state index in [9.17, 15) is 0 Å². The van der Waals surface area contributed by atoms with Crippen molar-refractivity contribution in [2.24, 2.45) is 7.05 Å². The van der Waals surface area contributed by atoms with E-state index >= 15 is 0 Å². The van der Waals surface area contributed by atoms with Crippen LogP contribution in [0.2, 0.25) is 0 Å². The van der Waals surface area contributed by atoms with Gasteiger partial charge < -0.3 is 4.57 Å². The van der Waals surface area contributed by atoms with Crippen LogP contribution >= 0.6 is 0 Å². The third-order valence-electron chi connectivity index (χ3n) is 5.91. The fourth-order valence-electron chi connectivity index (χ4n) is 4.34. The Kier molecular flexibility index (Phi) is 6.00. The van der Waals surface area contributed by atoms with Gasteiger partial charge in [-0.05, 0) is 50.9 Å². The van der Waals surface area contributed by atoms with Crippen molar-refractivity contribution in [3.05, 3.63) is 53.6 Å². The summed E-state index contributed by atoms with van der Waals surface area (Å²) in [4.78, 5) is 5.04. The highest BCUT2D eigenvalue weighted by atomic mass is 15.3. The molecular weight excluding hydrogens is 334 g/mol. The number of nitrogens with zero attached hydrogens (tertiary/aromatic N) is 5. The van der Waals surface area contributed by atoms with Crippen LogP contribution in [0.15, 0.2) is 36.4 Å². The van der Waals surface area contributed by atoms with E-state index in [-0.39, 0.29) is 0 Å². The molecule has 2 aliphatic rings. The van der Waals surface area contributed by atoms with Crippen LogP contribution in [0.3, 0.4) is 0 Å². The number of rotatable bonds is 6. The van der Waals surface area contributed by atoms with Crippen molar-refractivity contribution >= 4 is 6.08 Å². The number of hydrogen-bond donors (Lipinski definition) is 0. The molecule has 1 atom stereocenters. The molecule has 2 aromatic rings. The molecule has 0 unspecified atom stereocenters. The van der Waals surface area contributed by atoms with Crippen LogP contribution in [-0.4, -0.2) is 57.3 Å². The van der Waals surface area contributed by atoms with E-state index in [1.165, 1.54) is 56.7 Å². The monoisotopic (exact) mass is 365 g/mol. The highest BCUT2D eigenvalue weighted by molar-refractivity contribution is 5.48. The van der Waals surface area contributed by atoms with E-state index in [4.69, 9.17) is 0 Å². The summed E-state index contributed by atoms with van der Waals surface area (Å²) in [6.45, 7) is 6.60. The summed E-state index contributed by atoms with van der Waals surface area (Å²) < 4.78 is 2.26. The molecule has 0 spiro atoms. The second-order valence-corrected chi connectivity index (χ2v) is 7.93. The zero-order valence-electron chi connectivity index (χ0n) is 16.4. The first-order chi connectivity index (χ1) is 13.3. The number of likely N-dealkylation sites (tertiary alicyclic amines) is 2. The molecule has 5 nitrogen and oxygen atoms in total. The van der Waals surface area contributed by atoms with E-state index in [2.05, 4.69) is 74.1 Å². The molecule has 2 aliphatic heterocycles. The third kappa shape index (κ3) is 4.66. The van der Waals surface area contributed by atoms with Gasteiger partial charge in [-0.1, -0.05) is 42.5 Å². The van der Waals surface area contributed by atoms with Gasteiger partial charge in [-0.3, -0.25) is 9.80 Å². The van der Waals surface area contributed by atoms with Gasteiger partial charge in [0.1, 0.15) is 11.6 Å². The van der Waals surface area contributed by atoms with E-state index in [1.807, 2.05) is 0 Å². The van der Waals surface area contributed by atoms with E-state index in [1.54, 1.807) is 0 Å². The van der Waals surface area contributed by atoms with Gasteiger partial charge >= 0.3 is 0 Å². The van der Waals surface area contributed by atoms with Gasteiger partial charge in [-0.25, -0.2) is 0 Å². The fraction of sp³-hybridized carbons (Fsp3) is 0.545. The van der Waals surface area contributed by atoms with Crippen LogP contribution in [0.25, 0.3) is 6.08 Å². The lowest BCUT2D eigenvalue weighted by atomic mass is 9.97. The Morgan fingerprint density at radius 3 is 2.59 bits per heavy atom. The molecular formula is C22H31N5. The molecule has 2 fully saturated rings. The van der Waals surface area contributed by atoms with Gasteiger partial charge in [0.15, 0.2) is 0 Å². The summed E-state index contributed by atoms with van der Waals surface area (Å²) >= 11 is 0. The fourth-order valence-corrected chi connectivity index (χ4v) is 4.34. The van der Waals surface area contributed by atoms with Crippen LogP contribution in [0.5, 0.6) is 0 Å². The SMILES string of the molecule is Cn1c(CN2CCCC2)nnc1[C@@H]1CCCN(C/C=C/c2ccccc2)C1. The first-order valence-corrected chi connectivity index (χ1v) is 10.3. The second-order valence-electron chi connectivity index (χ2n) is 7.93. The zero-order chi connectivity index (χ0) is 18.5. The van der Waals surface area contributed by atoms with Gasteiger partial charge in [-0.2, -0.15) is 0 Å². The standard InChI is InChI=1S/C22H31N5/c1-25-21(18-27-13-5-6-14-27)23-24-22(25)20-12-8-16-26(17-20)15-7-11-19-9-3-2-4-10-19/h2-4,7,9-11,20H,5-6,8,12-18H2,1H3/b11-7+/t20-/m1/s1. The molecule has 2 saturated heterocycles. The maximum atomic E-state index is 4.59. The minimum Gasteiger partial charge on any atom is -0.317 e. The van der Waals surface area contributed by atoms with Gasteiger partial charge in [0.2, 0.25) is 0 Å². The Morgan fingerprint density at radius 1 is 1.00 bits per heavy atom. The molecule has 3 heterocycles. The second kappa shape index (κ2) is 8.81. The lowest BCUT2D eigenvalue weighted by Gasteiger charge is -2.31. The van der Waals surface area contributed by atoms with E-state index in [0.717, 1.165) is 25.5 Å². The molecule has 1 aromatic carbocycles. The largest absolute Gasteiger partial charge is 0.317 e. The number of aromatic nitrogens is 3. The predicted molar refractivity (Wildman–Crippen MR) is 109 cm³/mol. The summed E-state index contributed by atoms with van der Waals surface area (Å²) in [5.41, 5.74) is 1.27. The Hall–Kier alpha value is -1.98. The number of hydrogen-bond acceptors (Lipinski definition) is 4. The Labute approximate surface area is 162 Å². The molecule has 0 N–H and O–H groups in total. The van der Waals surface area contributed by atoms with Gasteiger partial charge in [-0.15, -0.1) is 10.2 Å². The normalized spacial score (nSPS) is 22.0. The Morgan fingerprint density at radius 2 is 1.78 bits per heavy atom. The molecule has 1 aromatic heterocycles. The van der Waals surface area contributed by atoms with Gasteiger partial charge in [0.25, 0.3) is 0 Å². The predicted octanol–water partition coefficient (Wildman–Crippen LogP) is 3.30. The minimum absolute atomic E-state index is 0.494. The smallest absolute Gasteiger partial charge is 0.146 e. The van der Waals surface area contributed by atoms with Crippen molar-refractivity contribution in [1.29, 1.82) is 0 Å². The molecule has 4 rings (SSSR count). The summed E-state index contributed by atoms with van der Waals surface area (Å²) in [7, 11) is 2.15. The van der Waals surface area contributed by atoms with Crippen molar-refractivity contribution < 1.29 is 0 Å². The molecule has 144 valence electrons. The van der Waals surface area contributed by atoms with Crippen molar-refractivity contribution in [1.82, 2.24) is 24.6 Å². The summed E-state index contributed by atoms with van der Waals surface area (Å²) in [5.74, 6) is 2.78. The van der Waals surface area contributed by atoms with Crippen LogP contribution in [0.4, 0.5) is 0 Å². The quantitative estimate of drug-likeness (QED) is 0.787. The van der Waals surface area contributed by atoms with E-state index in [0.29, 0.717) is 5.92 Å². The average Bonchev–Trinajstić information content (AvgIpc) is 3.34. The molecule has 0 radical (unpaired) electrons. The maximum absolute atomic E-state index is 4.59. The van der Waals surface area contributed by atoms with E-state index < -0.39 is 0 Å². The van der Waals surface area contributed by atoms with Crippen LogP contribution in [0, 0.1) is 0 Å². The number of piperidine rings is 1. The molecule has 0 aliphatic carbocycles. The Bertz CT molecular complexity index is 745. The van der Waals surface area contributed by atoms with Crippen molar-refractivity contribution in [3.63, 3.8) is 0 Å². The van der Waals surface area contributed by atoms with Crippen LogP contribution < -0.4 is 0 Å². The average molecular weight is 366 g/mol. The summed E-state index contributed by atoms with van der Waals surface area (Å²) in [6, 6.07) is 10.5. The first-order valence-electron chi connectivity index (χ1n) is 10.3. The highest BCUT2D eigenvalue weighted by Crippen LogP contribution is 2.26. The lowest BCUT2D eigenvalue weighted by Crippen LogP contribution is -2.35. The Balaban J connectivity index is 1.35. The maximum Gasteiger partial charge on any atom is 0.146 e. The van der Waals surface area contributed by atoms with Crippen molar-refractivity contribution in [2.45, 2.75) is 38.1 Å². The topological polar surface area (TPSA) is 37.2 Å². The first kappa shape index (κ1) is 18.4. The van der Waals surface area contributed by atoms with Crippen LogP contribution in [-0.2, 0) is 13.6 Å². The van der Waals surface area contributed by atoms with Crippen LogP contribution in [0.1, 0.15) is 48.8 Å². The third-order valence-corrected chi connectivity index (χ3v) is 5.91. The number of benzene rings is 1. The molecule has 5 heteroatoms. The zero-order valence-corrected chi connectivity index (χ0v) is 16.4.